The van der Waals surface area contributed by atoms with Gasteiger partial charge in [0.05, 0.1) is 5.02 Å². The Kier molecular flexibility index (Phi) is 4.62. The number of hydrogen-bond donors (Lipinski definition) is 1. The summed E-state index contributed by atoms with van der Waals surface area (Å²) in [5.74, 6) is 0. The zero-order valence-corrected chi connectivity index (χ0v) is 13.0. The van der Waals surface area contributed by atoms with Crippen LogP contribution < -0.4 is 4.72 Å². The summed E-state index contributed by atoms with van der Waals surface area (Å²) < 4.78 is 27.6. The number of halogens is 2. The zero-order valence-electron chi connectivity index (χ0n) is 9.81. The molecule has 0 radical (unpaired) electrons. The van der Waals surface area contributed by atoms with Gasteiger partial charge in [-0.1, -0.05) is 51.8 Å². The van der Waals surface area contributed by atoms with Crippen molar-refractivity contribution in [1.82, 2.24) is 4.72 Å². The Hall–Kier alpha value is -0.880. The van der Waals surface area contributed by atoms with Crippen molar-refractivity contribution in [3.8, 4) is 0 Å². The molecule has 0 aliphatic carbocycles. The number of benzene rings is 2. The molecule has 0 atom stereocenters. The molecule has 0 spiro atoms. The third kappa shape index (κ3) is 3.79. The molecule has 2 aromatic rings. The normalized spacial score (nSPS) is 11.5. The maximum absolute atomic E-state index is 12.1. The maximum Gasteiger partial charge on any atom is 0.242 e. The summed E-state index contributed by atoms with van der Waals surface area (Å²) in [5, 5.41) is 0.212. The number of hydrogen-bond acceptors (Lipinski definition) is 2. The Morgan fingerprint density at radius 1 is 1.11 bits per heavy atom. The summed E-state index contributed by atoms with van der Waals surface area (Å²) in [6.45, 7) is 0.215. The molecule has 0 aromatic heterocycles. The Bertz CT molecular complexity index is 689. The fourth-order valence-electron chi connectivity index (χ4n) is 1.57. The molecule has 0 fully saturated rings. The van der Waals surface area contributed by atoms with Crippen molar-refractivity contribution < 1.29 is 8.42 Å². The van der Waals surface area contributed by atoms with Crippen LogP contribution in [0.25, 0.3) is 0 Å². The first-order valence-corrected chi connectivity index (χ1v) is 8.13. The van der Waals surface area contributed by atoms with Crippen molar-refractivity contribution in [3.63, 3.8) is 0 Å². The molecule has 0 saturated heterocycles. The predicted octanol–water partition coefficient (Wildman–Crippen LogP) is 3.58. The Balaban J connectivity index is 2.17. The van der Waals surface area contributed by atoms with Crippen LogP contribution in [-0.4, -0.2) is 8.42 Å². The lowest BCUT2D eigenvalue weighted by molar-refractivity contribution is 0.581. The van der Waals surface area contributed by atoms with E-state index >= 15 is 0 Å². The number of rotatable bonds is 4. The van der Waals surface area contributed by atoms with Crippen molar-refractivity contribution >= 4 is 37.6 Å². The minimum absolute atomic E-state index is 0.0895. The Labute approximate surface area is 125 Å². The molecule has 0 bridgehead atoms. The van der Waals surface area contributed by atoms with Gasteiger partial charge in [-0.15, -0.1) is 0 Å². The average molecular weight is 361 g/mol. The highest BCUT2D eigenvalue weighted by molar-refractivity contribution is 9.10. The van der Waals surface area contributed by atoms with Crippen molar-refractivity contribution in [1.29, 1.82) is 0 Å². The van der Waals surface area contributed by atoms with Crippen molar-refractivity contribution in [2.24, 2.45) is 0 Å². The van der Waals surface area contributed by atoms with Crippen LogP contribution in [0.5, 0.6) is 0 Å². The van der Waals surface area contributed by atoms with Crippen LogP contribution in [0.1, 0.15) is 5.56 Å². The quantitative estimate of drug-likeness (QED) is 0.906. The van der Waals surface area contributed by atoms with Crippen LogP contribution in [0.2, 0.25) is 5.02 Å². The molecule has 1 N–H and O–H groups in total. The molecule has 3 nitrogen and oxygen atoms in total. The summed E-state index contributed by atoms with van der Waals surface area (Å²) in [4.78, 5) is 0.0895. The summed E-state index contributed by atoms with van der Waals surface area (Å²) in [6, 6.07) is 13.8. The van der Waals surface area contributed by atoms with E-state index in [1.807, 2.05) is 24.3 Å². The molecular weight excluding hydrogens is 350 g/mol. The van der Waals surface area contributed by atoms with E-state index in [9.17, 15) is 8.42 Å². The molecular formula is C13H11BrClNO2S. The average Bonchev–Trinajstić information content (AvgIpc) is 2.37. The third-order valence-electron chi connectivity index (χ3n) is 2.48. The van der Waals surface area contributed by atoms with Gasteiger partial charge in [0.2, 0.25) is 10.0 Å². The first-order chi connectivity index (χ1) is 8.99. The summed E-state index contributed by atoms with van der Waals surface area (Å²) in [6.07, 6.45) is 0. The van der Waals surface area contributed by atoms with Crippen LogP contribution in [0.4, 0.5) is 0 Å². The Morgan fingerprint density at radius 3 is 2.53 bits per heavy atom. The molecule has 2 rings (SSSR count). The summed E-state index contributed by atoms with van der Waals surface area (Å²) in [5.41, 5.74) is 0.866. The molecule has 0 aliphatic rings. The lowest BCUT2D eigenvalue weighted by Crippen LogP contribution is -2.23. The van der Waals surface area contributed by atoms with Gasteiger partial charge in [-0.25, -0.2) is 13.1 Å². The minimum Gasteiger partial charge on any atom is -0.207 e. The number of sulfonamides is 1. The van der Waals surface area contributed by atoms with Gasteiger partial charge >= 0.3 is 0 Å². The van der Waals surface area contributed by atoms with Gasteiger partial charge in [0.25, 0.3) is 0 Å². The van der Waals surface area contributed by atoms with E-state index in [0.717, 1.165) is 10.0 Å². The predicted molar refractivity (Wildman–Crippen MR) is 79.6 cm³/mol. The van der Waals surface area contributed by atoms with Gasteiger partial charge in [0.1, 0.15) is 4.90 Å². The van der Waals surface area contributed by atoms with E-state index in [1.165, 1.54) is 6.07 Å². The van der Waals surface area contributed by atoms with E-state index in [2.05, 4.69) is 20.7 Å². The lowest BCUT2D eigenvalue weighted by Gasteiger charge is -2.08. The smallest absolute Gasteiger partial charge is 0.207 e. The molecule has 0 amide bonds. The minimum atomic E-state index is -3.60. The van der Waals surface area contributed by atoms with Crippen LogP contribution in [0.15, 0.2) is 57.9 Å². The van der Waals surface area contributed by atoms with Crippen molar-refractivity contribution in [3.05, 3.63) is 63.6 Å². The van der Waals surface area contributed by atoms with Gasteiger partial charge in [0.15, 0.2) is 0 Å². The van der Waals surface area contributed by atoms with Gasteiger partial charge in [-0.2, -0.15) is 0 Å². The first kappa shape index (κ1) is 14.5. The zero-order chi connectivity index (χ0) is 13.9. The van der Waals surface area contributed by atoms with Crippen LogP contribution >= 0.6 is 27.5 Å². The summed E-state index contributed by atoms with van der Waals surface area (Å²) >= 11 is 9.23. The maximum atomic E-state index is 12.1. The SMILES string of the molecule is O=S(=O)(NCc1cccc(Br)c1)c1ccccc1Cl. The first-order valence-electron chi connectivity index (χ1n) is 5.48. The van der Waals surface area contributed by atoms with Gasteiger partial charge in [-0.3, -0.25) is 0 Å². The van der Waals surface area contributed by atoms with Crippen molar-refractivity contribution in [2.45, 2.75) is 11.4 Å². The lowest BCUT2D eigenvalue weighted by atomic mass is 10.2. The van der Waals surface area contributed by atoms with E-state index in [1.54, 1.807) is 18.2 Å². The Morgan fingerprint density at radius 2 is 1.84 bits per heavy atom. The monoisotopic (exact) mass is 359 g/mol. The van der Waals surface area contributed by atoms with Gasteiger partial charge < -0.3 is 0 Å². The van der Waals surface area contributed by atoms with Gasteiger partial charge in [0, 0.05) is 11.0 Å². The third-order valence-corrected chi connectivity index (χ3v) is 4.88. The summed E-state index contributed by atoms with van der Waals surface area (Å²) in [7, 11) is -3.60. The fourth-order valence-corrected chi connectivity index (χ4v) is 3.55. The van der Waals surface area contributed by atoms with E-state index in [-0.39, 0.29) is 16.5 Å². The van der Waals surface area contributed by atoms with Gasteiger partial charge in [-0.05, 0) is 29.8 Å². The van der Waals surface area contributed by atoms with E-state index < -0.39 is 10.0 Å². The van der Waals surface area contributed by atoms with Crippen LogP contribution in [-0.2, 0) is 16.6 Å². The standard InChI is InChI=1S/C13H11BrClNO2S/c14-11-5-3-4-10(8-11)9-16-19(17,18)13-7-2-1-6-12(13)15/h1-8,16H,9H2. The topological polar surface area (TPSA) is 46.2 Å². The molecule has 6 heteroatoms. The second kappa shape index (κ2) is 6.05. The van der Waals surface area contributed by atoms with Crippen molar-refractivity contribution in [2.75, 3.05) is 0 Å². The van der Waals surface area contributed by atoms with Crippen LogP contribution in [0.3, 0.4) is 0 Å². The molecule has 0 saturated carbocycles. The highest BCUT2D eigenvalue weighted by Gasteiger charge is 2.16. The highest BCUT2D eigenvalue weighted by Crippen LogP contribution is 2.20. The largest absolute Gasteiger partial charge is 0.242 e. The molecule has 0 aliphatic heterocycles. The van der Waals surface area contributed by atoms with E-state index in [4.69, 9.17) is 11.6 Å². The second-order valence-electron chi connectivity index (χ2n) is 3.88. The molecule has 0 heterocycles. The molecule has 19 heavy (non-hydrogen) atoms. The second-order valence-corrected chi connectivity index (χ2v) is 6.94. The highest BCUT2D eigenvalue weighted by atomic mass is 79.9. The molecule has 2 aromatic carbocycles. The van der Waals surface area contributed by atoms with Crippen LogP contribution in [0, 0.1) is 0 Å². The number of nitrogens with one attached hydrogen (secondary N) is 1. The van der Waals surface area contributed by atoms with E-state index in [0.29, 0.717) is 0 Å². The molecule has 100 valence electrons. The molecule has 0 unspecified atom stereocenters. The fraction of sp³-hybridized carbons (Fsp3) is 0.0769.